The van der Waals surface area contributed by atoms with Crippen molar-refractivity contribution in [2.45, 2.75) is 25.4 Å². The molecule has 5 rings (SSSR count). The minimum Gasteiger partial charge on any atom is -0.415 e. The molecule has 1 unspecified atom stereocenters. The Morgan fingerprint density at radius 2 is 1.96 bits per heavy atom. The smallest absolute Gasteiger partial charge is 0.271 e. The van der Waals surface area contributed by atoms with Crippen molar-refractivity contribution in [1.82, 2.24) is 15.2 Å². The fourth-order valence-electron chi connectivity index (χ4n) is 3.69. The van der Waals surface area contributed by atoms with E-state index in [0.717, 1.165) is 30.5 Å². The summed E-state index contributed by atoms with van der Waals surface area (Å²) < 4.78 is 20.1. The lowest BCUT2D eigenvalue weighted by Crippen LogP contribution is -3.09. The predicted molar refractivity (Wildman–Crippen MR) is 101 cm³/mol. The van der Waals surface area contributed by atoms with Crippen molar-refractivity contribution in [2.75, 3.05) is 6.54 Å². The van der Waals surface area contributed by atoms with Crippen LogP contribution in [0.3, 0.4) is 0 Å². The zero-order valence-corrected chi connectivity index (χ0v) is 15.4. The molecule has 0 amide bonds. The van der Waals surface area contributed by atoms with Crippen LogP contribution in [0, 0.1) is 5.82 Å². The molecule has 2 atom stereocenters. The van der Waals surface area contributed by atoms with E-state index in [-0.39, 0.29) is 5.82 Å². The number of hydrogen-bond donors (Lipinski definition) is 1. The van der Waals surface area contributed by atoms with Crippen LogP contribution >= 0.6 is 11.3 Å². The van der Waals surface area contributed by atoms with Gasteiger partial charge in [0, 0.05) is 18.4 Å². The van der Waals surface area contributed by atoms with Crippen molar-refractivity contribution in [3.63, 3.8) is 0 Å². The minimum absolute atomic E-state index is 0.279. The van der Waals surface area contributed by atoms with Gasteiger partial charge in [0.05, 0.1) is 16.8 Å². The lowest BCUT2D eigenvalue weighted by Gasteiger charge is -2.17. The molecule has 2 aromatic carbocycles. The van der Waals surface area contributed by atoms with Gasteiger partial charge in [-0.3, -0.25) is 0 Å². The average Bonchev–Trinajstić information content (AvgIpc) is 3.41. The number of thiazole rings is 1. The molecule has 0 aliphatic carbocycles. The lowest BCUT2D eigenvalue weighted by molar-refractivity contribution is -0.933. The van der Waals surface area contributed by atoms with E-state index < -0.39 is 0 Å². The lowest BCUT2D eigenvalue weighted by atomic mass is 10.2. The summed E-state index contributed by atoms with van der Waals surface area (Å²) in [6, 6.07) is 14.7. The molecule has 0 spiro atoms. The summed E-state index contributed by atoms with van der Waals surface area (Å²) >= 11 is 1.78. The first-order valence-corrected chi connectivity index (χ1v) is 9.86. The molecule has 1 aliphatic heterocycles. The summed E-state index contributed by atoms with van der Waals surface area (Å²) in [5, 5.41) is 9.51. The summed E-state index contributed by atoms with van der Waals surface area (Å²) in [5.74, 6) is 0.760. The monoisotopic (exact) mass is 381 g/mol. The summed E-state index contributed by atoms with van der Waals surface area (Å²) in [6.45, 7) is 1.74. The van der Waals surface area contributed by atoms with E-state index in [4.69, 9.17) is 9.40 Å². The van der Waals surface area contributed by atoms with Crippen molar-refractivity contribution >= 4 is 21.6 Å². The Balaban J connectivity index is 1.36. The first-order chi connectivity index (χ1) is 13.3. The zero-order valence-electron chi connectivity index (χ0n) is 14.6. The summed E-state index contributed by atoms with van der Waals surface area (Å²) in [6.07, 6.45) is 2.28. The van der Waals surface area contributed by atoms with E-state index in [0.29, 0.717) is 24.4 Å². The number of hydrogen-bond acceptors (Lipinski definition) is 5. The van der Waals surface area contributed by atoms with Crippen LogP contribution in [0.2, 0.25) is 0 Å². The molecule has 4 aromatic rings. The summed E-state index contributed by atoms with van der Waals surface area (Å²) in [4.78, 5) is 6.25. The van der Waals surface area contributed by atoms with Gasteiger partial charge in [-0.05, 0) is 36.4 Å². The van der Waals surface area contributed by atoms with Crippen LogP contribution in [0.4, 0.5) is 4.39 Å². The second-order valence-corrected chi connectivity index (χ2v) is 7.87. The predicted octanol–water partition coefficient (Wildman–Crippen LogP) is 3.41. The van der Waals surface area contributed by atoms with Crippen LogP contribution in [0.5, 0.6) is 0 Å². The van der Waals surface area contributed by atoms with Gasteiger partial charge in [-0.25, -0.2) is 9.37 Å². The molecule has 136 valence electrons. The molecule has 0 saturated carbocycles. The Labute approximate surface area is 159 Å². The summed E-state index contributed by atoms with van der Waals surface area (Å²) in [7, 11) is 0. The maximum Gasteiger partial charge on any atom is 0.271 e. The van der Waals surface area contributed by atoms with Crippen molar-refractivity contribution in [1.29, 1.82) is 0 Å². The van der Waals surface area contributed by atoms with Crippen molar-refractivity contribution < 1.29 is 13.7 Å². The number of likely N-dealkylation sites (tertiary alicyclic amines) is 1. The highest BCUT2D eigenvalue weighted by molar-refractivity contribution is 7.18. The van der Waals surface area contributed by atoms with Crippen LogP contribution in [0.15, 0.2) is 52.9 Å². The molecule has 7 heteroatoms. The molecule has 1 fully saturated rings. The van der Waals surface area contributed by atoms with Gasteiger partial charge in [0.1, 0.15) is 11.9 Å². The Bertz CT molecular complexity index is 1040. The second kappa shape index (κ2) is 6.83. The highest BCUT2D eigenvalue weighted by Crippen LogP contribution is 2.29. The van der Waals surface area contributed by atoms with E-state index >= 15 is 0 Å². The van der Waals surface area contributed by atoms with Gasteiger partial charge >= 0.3 is 0 Å². The number of quaternary nitrogens is 1. The average molecular weight is 381 g/mol. The largest absolute Gasteiger partial charge is 0.415 e. The van der Waals surface area contributed by atoms with Crippen LogP contribution < -0.4 is 4.90 Å². The number of nitrogens with one attached hydrogen (secondary N) is 1. The maximum absolute atomic E-state index is 13.1. The zero-order chi connectivity index (χ0) is 18.2. The maximum atomic E-state index is 13.1. The van der Waals surface area contributed by atoms with E-state index in [9.17, 15) is 4.39 Å². The SMILES string of the molecule is Fc1ccc(-c2nnc(C[NH+]3CCC[C@H]3c3nc4ccccc4s3)o2)cc1. The molecule has 3 heterocycles. The van der Waals surface area contributed by atoms with E-state index in [1.807, 2.05) is 6.07 Å². The fourth-order valence-corrected chi connectivity index (χ4v) is 4.85. The number of nitrogens with zero attached hydrogens (tertiary/aromatic N) is 3. The van der Waals surface area contributed by atoms with Crippen LogP contribution in [0.1, 0.15) is 29.8 Å². The third kappa shape index (κ3) is 3.24. The van der Waals surface area contributed by atoms with E-state index in [2.05, 4.69) is 28.4 Å². The summed E-state index contributed by atoms with van der Waals surface area (Å²) in [5.41, 5.74) is 1.80. The van der Waals surface area contributed by atoms with Gasteiger partial charge in [-0.1, -0.05) is 12.1 Å². The first kappa shape index (κ1) is 16.5. The van der Waals surface area contributed by atoms with Crippen LogP contribution in [0.25, 0.3) is 21.7 Å². The number of benzene rings is 2. The Hall–Kier alpha value is -2.64. The topological polar surface area (TPSA) is 56.2 Å². The van der Waals surface area contributed by atoms with Crippen LogP contribution in [-0.2, 0) is 6.54 Å². The van der Waals surface area contributed by atoms with Gasteiger partial charge in [-0.15, -0.1) is 21.5 Å². The van der Waals surface area contributed by atoms with Crippen molar-refractivity contribution in [3.05, 3.63) is 65.2 Å². The molecule has 5 nitrogen and oxygen atoms in total. The molecule has 1 saturated heterocycles. The first-order valence-electron chi connectivity index (χ1n) is 9.04. The molecule has 1 N–H and O–H groups in total. The number of fused-ring (bicyclic) bond motifs is 1. The standard InChI is InChI=1S/C20H17FN4OS/c21-14-9-7-13(8-10-14)19-24-23-18(26-19)12-25-11-3-5-16(25)20-22-15-4-1-2-6-17(15)27-20/h1-2,4,6-10,16H,3,5,11-12H2/p+1/t16-/m0/s1. The van der Waals surface area contributed by atoms with Crippen molar-refractivity contribution in [3.8, 4) is 11.5 Å². The number of para-hydroxylation sites is 1. The number of halogens is 1. The fraction of sp³-hybridized carbons (Fsp3) is 0.250. The van der Waals surface area contributed by atoms with Gasteiger partial charge in [-0.2, -0.15) is 0 Å². The molecule has 0 radical (unpaired) electrons. The van der Waals surface area contributed by atoms with Gasteiger partial charge in [0.25, 0.3) is 5.89 Å². The second-order valence-electron chi connectivity index (χ2n) is 6.81. The molecule has 0 bridgehead atoms. The number of rotatable bonds is 4. The Morgan fingerprint density at radius 3 is 2.81 bits per heavy atom. The van der Waals surface area contributed by atoms with Gasteiger partial charge in [0.15, 0.2) is 11.6 Å². The molecule has 1 aliphatic rings. The highest BCUT2D eigenvalue weighted by atomic mass is 32.1. The Morgan fingerprint density at radius 1 is 1.11 bits per heavy atom. The minimum atomic E-state index is -0.279. The third-order valence-electron chi connectivity index (χ3n) is 5.03. The quantitative estimate of drug-likeness (QED) is 0.589. The Kier molecular flexibility index (Phi) is 4.18. The molecule has 2 aromatic heterocycles. The van der Waals surface area contributed by atoms with Gasteiger partial charge < -0.3 is 9.32 Å². The van der Waals surface area contributed by atoms with E-state index in [1.54, 1.807) is 23.5 Å². The molecular weight excluding hydrogens is 363 g/mol. The molecular formula is C20H18FN4OS+. The third-order valence-corrected chi connectivity index (χ3v) is 6.18. The molecule has 27 heavy (non-hydrogen) atoms. The highest BCUT2D eigenvalue weighted by Gasteiger charge is 2.34. The van der Waals surface area contributed by atoms with Crippen LogP contribution in [-0.4, -0.2) is 21.7 Å². The normalized spacial score (nSPS) is 19.7. The van der Waals surface area contributed by atoms with E-state index in [1.165, 1.54) is 26.7 Å². The number of aromatic nitrogens is 3. The van der Waals surface area contributed by atoms with Crippen molar-refractivity contribution in [2.24, 2.45) is 0 Å². The van der Waals surface area contributed by atoms with Gasteiger partial charge in [0.2, 0.25) is 5.89 Å².